The normalized spacial score (nSPS) is 20.1. The molecule has 0 amide bonds. The number of hydrogen-bond acceptors (Lipinski definition) is 4. The Kier molecular flexibility index (Phi) is 6.29. The molecule has 3 N–H and O–H groups in total. The predicted molar refractivity (Wildman–Crippen MR) is 70.4 cm³/mol. The molecule has 1 fully saturated rings. The van der Waals surface area contributed by atoms with E-state index < -0.39 is 0 Å². The first-order valence-electron chi connectivity index (χ1n) is 6.59. The highest BCUT2D eigenvalue weighted by molar-refractivity contribution is 5.82. The molecule has 1 aliphatic heterocycles. The fraction of sp³-hybridized carbons (Fsp3) is 0.917. The zero-order chi connectivity index (χ0) is 12.7. The minimum Gasteiger partial charge on any atom is -0.409 e. The van der Waals surface area contributed by atoms with Crippen LogP contribution in [-0.2, 0) is 0 Å². The zero-order valence-corrected chi connectivity index (χ0v) is 11.1. The van der Waals surface area contributed by atoms with E-state index in [1.54, 1.807) is 0 Å². The van der Waals surface area contributed by atoms with Gasteiger partial charge in [0.05, 0.1) is 0 Å². The molecule has 100 valence electrons. The van der Waals surface area contributed by atoms with Gasteiger partial charge in [-0.25, -0.2) is 0 Å². The summed E-state index contributed by atoms with van der Waals surface area (Å²) < 4.78 is 0. The largest absolute Gasteiger partial charge is 0.409 e. The van der Waals surface area contributed by atoms with Gasteiger partial charge in [0.25, 0.3) is 0 Å². The van der Waals surface area contributed by atoms with Crippen LogP contribution in [0.25, 0.3) is 0 Å². The SMILES string of the molecule is CCN(CCN1CCCC1)CC(C)C(N)=NO. The van der Waals surface area contributed by atoms with Gasteiger partial charge in [0, 0.05) is 25.6 Å². The number of oxime groups is 1. The molecule has 0 bridgehead atoms. The first kappa shape index (κ1) is 14.3. The molecular formula is C12H26N4O. The molecular weight excluding hydrogens is 216 g/mol. The van der Waals surface area contributed by atoms with Crippen LogP contribution < -0.4 is 5.73 Å². The van der Waals surface area contributed by atoms with E-state index in [-0.39, 0.29) is 5.92 Å². The maximum absolute atomic E-state index is 8.63. The summed E-state index contributed by atoms with van der Waals surface area (Å²) in [5.41, 5.74) is 5.60. The minimum absolute atomic E-state index is 0.110. The van der Waals surface area contributed by atoms with Gasteiger partial charge in [-0.1, -0.05) is 19.0 Å². The number of likely N-dealkylation sites (tertiary alicyclic amines) is 1. The van der Waals surface area contributed by atoms with Crippen LogP contribution in [0.5, 0.6) is 0 Å². The van der Waals surface area contributed by atoms with Crippen molar-refractivity contribution < 1.29 is 5.21 Å². The third-order valence-corrected chi connectivity index (χ3v) is 3.53. The van der Waals surface area contributed by atoms with Crippen molar-refractivity contribution in [3.05, 3.63) is 0 Å². The lowest BCUT2D eigenvalue weighted by molar-refractivity contribution is 0.221. The summed E-state index contributed by atoms with van der Waals surface area (Å²) in [7, 11) is 0. The number of hydrogen-bond donors (Lipinski definition) is 2. The van der Waals surface area contributed by atoms with Crippen LogP contribution in [0.15, 0.2) is 5.16 Å². The summed E-state index contributed by atoms with van der Waals surface area (Å²) in [5.74, 6) is 0.433. The summed E-state index contributed by atoms with van der Waals surface area (Å²) in [6.45, 7) is 10.7. The first-order chi connectivity index (χ1) is 8.17. The van der Waals surface area contributed by atoms with E-state index in [1.807, 2.05) is 6.92 Å². The molecule has 1 saturated heterocycles. The van der Waals surface area contributed by atoms with Gasteiger partial charge in [-0.05, 0) is 32.5 Å². The fourth-order valence-corrected chi connectivity index (χ4v) is 2.25. The Balaban J connectivity index is 2.27. The first-order valence-corrected chi connectivity index (χ1v) is 6.59. The van der Waals surface area contributed by atoms with Crippen LogP contribution in [-0.4, -0.2) is 60.1 Å². The van der Waals surface area contributed by atoms with Crippen LogP contribution in [0, 0.1) is 5.92 Å². The second-order valence-corrected chi connectivity index (χ2v) is 4.87. The second-order valence-electron chi connectivity index (χ2n) is 4.87. The number of nitrogens with zero attached hydrogens (tertiary/aromatic N) is 3. The van der Waals surface area contributed by atoms with Crippen molar-refractivity contribution in [3.63, 3.8) is 0 Å². The lowest BCUT2D eigenvalue weighted by Gasteiger charge is -2.26. The predicted octanol–water partition coefficient (Wildman–Crippen LogP) is 0.787. The van der Waals surface area contributed by atoms with Gasteiger partial charge < -0.3 is 20.7 Å². The maximum Gasteiger partial charge on any atom is 0.143 e. The van der Waals surface area contributed by atoms with Crippen molar-refractivity contribution in [3.8, 4) is 0 Å². The molecule has 0 aromatic carbocycles. The van der Waals surface area contributed by atoms with Gasteiger partial charge in [0.1, 0.15) is 5.84 Å². The molecule has 0 aliphatic carbocycles. The molecule has 1 rings (SSSR count). The van der Waals surface area contributed by atoms with E-state index in [1.165, 1.54) is 25.9 Å². The Labute approximate surface area is 104 Å². The highest BCUT2D eigenvalue weighted by Gasteiger charge is 2.15. The Morgan fingerprint density at radius 2 is 2.12 bits per heavy atom. The van der Waals surface area contributed by atoms with E-state index in [0.29, 0.717) is 5.84 Å². The lowest BCUT2D eigenvalue weighted by Crippen LogP contribution is -2.39. The fourth-order valence-electron chi connectivity index (χ4n) is 2.25. The summed E-state index contributed by atoms with van der Waals surface area (Å²) in [5, 5.41) is 11.7. The van der Waals surface area contributed by atoms with Crippen LogP contribution in [0.3, 0.4) is 0 Å². The topological polar surface area (TPSA) is 65.1 Å². The summed E-state index contributed by atoms with van der Waals surface area (Å²) in [6, 6.07) is 0. The Morgan fingerprint density at radius 1 is 1.47 bits per heavy atom. The van der Waals surface area contributed by atoms with E-state index >= 15 is 0 Å². The number of rotatable bonds is 7. The summed E-state index contributed by atoms with van der Waals surface area (Å²) in [6.07, 6.45) is 2.68. The van der Waals surface area contributed by atoms with E-state index in [0.717, 1.165) is 26.2 Å². The monoisotopic (exact) mass is 242 g/mol. The zero-order valence-electron chi connectivity index (χ0n) is 11.1. The van der Waals surface area contributed by atoms with E-state index in [9.17, 15) is 0 Å². The molecule has 0 spiro atoms. The Bertz CT molecular complexity index is 239. The van der Waals surface area contributed by atoms with Crippen LogP contribution in [0.2, 0.25) is 0 Å². The van der Waals surface area contributed by atoms with Crippen LogP contribution in [0.4, 0.5) is 0 Å². The molecule has 0 aromatic rings. The van der Waals surface area contributed by atoms with Crippen molar-refractivity contribution in [2.24, 2.45) is 16.8 Å². The third kappa shape index (κ3) is 4.91. The van der Waals surface area contributed by atoms with Gasteiger partial charge >= 0.3 is 0 Å². The Morgan fingerprint density at radius 3 is 2.65 bits per heavy atom. The van der Waals surface area contributed by atoms with Gasteiger partial charge in [0.2, 0.25) is 0 Å². The van der Waals surface area contributed by atoms with Crippen LogP contribution >= 0.6 is 0 Å². The molecule has 1 aliphatic rings. The van der Waals surface area contributed by atoms with Crippen molar-refractivity contribution in [1.29, 1.82) is 0 Å². The van der Waals surface area contributed by atoms with Crippen molar-refractivity contribution in [2.75, 3.05) is 39.3 Å². The van der Waals surface area contributed by atoms with Gasteiger partial charge in [0.15, 0.2) is 0 Å². The second kappa shape index (κ2) is 7.50. The molecule has 5 nitrogen and oxygen atoms in total. The molecule has 5 heteroatoms. The quantitative estimate of drug-likeness (QED) is 0.300. The van der Waals surface area contributed by atoms with Crippen molar-refractivity contribution in [1.82, 2.24) is 9.80 Å². The average molecular weight is 242 g/mol. The van der Waals surface area contributed by atoms with Gasteiger partial charge in [-0.3, -0.25) is 0 Å². The third-order valence-electron chi connectivity index (χ3n) is 3.53. The lowest BCUT2D eigenvalue weighted by atomic mass is 10.1. The highest BCUT2D eigenvalue weighted by Crippen LogP contribution is 2.07. The van der Waals surface area contributed by atoms with Gasteiger partial charge in [-0.2, -0.15) is 0 Å². The summed E-state index contributed by atoms with van der Waals surface area (Å²) >= 11 is 0. The number of nitrogens with two attached hydrogens (primary N) is 1. The molecule has 1 heterocycles. The van der Waals surface area contributed by atoms with Gasteiger partial charge in [-0.15, -0.1) is 0 Å². The highest BCUT2D eigenvalue weighted by atomic mass is 16.4. The molecule has 0 saturated carbocycles. The summed E-state index contributed by atoms with van der Waals surface area (Å²) in [4.78, 5) is 4.87. The minimum atomic E-state index is 0.110. The number of amidine groups is 1. The number of likely N-dealkylation sites (N-methyl/N-ethyl adjacent to an activating group) is 1. The van der Waals surface area contributed by atoms with Crippen molar-refractivity contribution in [2.45, 2.75) is 26.7 Å². The van der Waals surface area contributed by atoms with E-state index in [4.69, 9.17) is 10.9 Å². The van der Waals surface area contributed by atoms with E-state index in [2.05, 4.69) is 21.9 Å². The smallest absolute Gasteiger partial charge is 0.143 e. The molecule has 1 atom stereocenters. The Hall–Kier alpha value is -0.810. The molecule has 0 radical (unpaired) electrons. The van der Waals surface area contributed by atoms with Crippen LogP contribution in [0.1, 0.15) is 26.7 Å². The van der Waals surface area contributed by atoms with Crippen molar-refractivity contribution >= 4 is 5.84 Å². The average Bonchev–Trinajstić information content (AvgIpc) is 2.86. The molecule has 0 aromatic heterocycles. The molecule has 17 heavy (non-hydrogen) atoms. The maximum atomic E-state index is 8.63. The molecule has 1 unspecified atom stereocenters. The standard InChI is InChI=1S/C12H26N4O/c1-3-15(10-11(2)12(13)14-17)8-9-16-6-4-5-7-16/h11,17H,3-10H2,1-2H3,(H2,13,14).